The van der Waals surface area contributed by atoms with Crippen LogP contribution in [-0.4, -0.2) is 143 Å². The Kier molecular flexibility index (Phi) is 24.6. The molecule has 0 saturated heterocycles. The number of nitrogens with two attached hydrogens (primary N) is 3. The van der Waals surface area contributed by atoms with Crippen molar-refractivity contribution in [3.05, 3.63) is 29.8 Å². The monoisotopic (exact) mass is 746 g/mol. The van der Waals surface area contributed by atoms with Crippen LogP contribution in [0.1, 0.15) is 31.2 Å². The quantitative estimate of drug-likeness (QED) is 0.0917. The second-order valence-electron chi connectivity index (χ2n) is 10.7. The Morgan fingerprint density at radius 3 is 1.56 bits per heavy atom. The number of carbonyl (C=O) groups is 2. The van der Waals surface area contributed by atoms with Crippen LogP contribution in [0.25, 0.3) is 0 Å². The number of hydrogen-bond acceptors (Lipinski definition) is 13. The Morgan fingerprint density at radius 1 is 0.700 bits per heavy atom. The van der Waals surface area contributed by atoms with Crippen molar-refractivity contribution >= 4 is 21.8 Å². The van der Waals surface area contributed by atoms with Gasteiger partial charge in [0, 0.05) is 32.6 Å². The minimum Gasteiger partial charge on any atom is -0.445 e. The molecule has 1 atom stereocenters. The molecule has 0 saturated carbocycles. The lowest BCUT2D eigenvalue weighted by Gasteiger charge is -2.23. The van der Waals surface area contributed by atoms with Crippen LogP contribution < -0.4 is 17.2 Å². The van der Waals surface area contributed by atoms with Crippen LogP contribution in [0, 0.1) is 0 Å². The number of sulfone groups is 1. The molecule has 1 aromatic carbocycles. The molecule has 0 aliphatic rings. The normalized spacial score (nSPS) is 12.6. The van der Waals surface area contributed by atoms with Crippen LogP contribution in [0.3, 0.4) is 0 Å². The van der Waals surface area contributed by atoms with Crippen molar-refractivity contribution in [3.8, 4) is 0 Å². The van der Waals surface area contributed by atoms with Gasteiger partial charge in [0.2, 0.25) is 5.91 Å². The third-order valence-corrected chi connectivity index (χ3v) is 8.57. The van der Waals surface area contributed by atoms with Crippen LogP contribution in [0.4, 0.5) is 18.0 Å². The predicted octanol–water partition coefficient (Wildman–Crippen LogP) is 1.35. The fraction of sp³-hybridized carbons (Fsp3) is 0.742. The number of amides is 2. The van der Waals surface area contributed by atoms with E-state index in [0.29, 0.717) is 104 Å². The lowest BCUT2D eigenvalue weighted by Crippen LogP contribution is -2.37. The molecule has 2 amide bonds. The highest BCUT2D eigenvalue weighted by atomic mass is 32.2. The lowest BCUT2D eigenvalue weighted by atomic mass is 10.1. The molecule has 6 N–H and O–H groups in total. The maximum atomic E-state index is 13.1. The molecule has 0 radical (unpaired) electrons. The second-order valence-corrected chi connectivity index (χ2v) is 12.8. The van der Waals surface area contributed by atoms with E-state index in [1.165, 1.54) is 0 Å². The highest BCUT2D eigenvalue weighted by Crippen LogP contribution is 2.30. The van der Waals surface area contributed by atoms with Gasteiger partial charge in [-0.15, -0.1) is 0 Å². The third-order valence-electron chi connectivity index (χ3n) is 6.77. The van der Waals surface area contributed by atoms with Gasteiger partial charge in [-0.05, 0) is 43.5 Å². The zero-order chi connectivity index (χ0) is 37.1. The van der Waals surface area contributed by atoms with Gasteiger partial charge in [-0.3, -0.25) is 4.79 Å². The first-order valence-corrected chi connectivity index (χ1v) is 18.1. The van der Waals surface area contributed by atoms with E-state index in [9.17, 15) is 31.2 Å². The van der Waals surface area contributed by atoms with Crippen molar-refractivity contribution in [2.75, 3.05) is 111 Å². The summed E-state index contributed by atoms with van der Waals surface area (Å²) in [4.78, 5) is 25.8. The Morgan fingerprint density at radius 2 is 1.14 bits per heavy atom. The van der Waals surface area contributed by atoms with Crippen molar-refractivity contribution < 1.29 is 64.3 Å². The van der Waals surface area contributed by atoms with Gasteiger partial charge in [0.15, 0.2) is 9.84 Å². The number of carbonyl (C=O) groups excluding carboxylic acids is 2. The van der Waals surface area contributed by atoms with Crippen LogP contribution in [-0.2, 0) is 54.0 Å². The number of alkyl halides is 3. The Bertz CT molecular complexity index is 1130. The molecule has 0 aliphatic heterocycles. The van der Waals surface area contributed by atoms with Crippen LogP contribution >= 0.6 is 0 Å². The van der Waals surface area contributed by atoms with E-state index in [4.69, 9.17) is 50.4 Å². The fourth-order valence-corrected chi connectivity index (χ4v) is 5.77. The summed E-state index contributed by atoms with van der Waals surface area (Å²) in [5, 5.41) is 0. The van der Waals surface area contributed by atoms with Gasteiger partial charge >= 0.3 is 12.3 Å². The highest BCUT2D eigenvalue weighted by molar-refractivity contribution is 7.91. The number of hydrogen-bond donors (Lipinski definition) is 3. The summed E-state index contributed by atoms with van der Waals surface area (Å²) in [6.45, 7) is 5.87. The predicted molar refractivity (Wildman–Crippen MR) is 176 cm³/mol. The minimum atomic E-state index is -4.63. The summed E-state index contributed by atoms with van der Waals surface area (Å²) in [5.74, 6) is -0.881. The van der Waals surface area contributed by atoms with E-state index >= 15 is 0 Å². The molecule has 50 heavy (non-hydrogen) atoms. The van der Waals surface area contributed by atoms with E-state index in [1.54, 1.807) is 4.90 Å². The summed E-state index contributed by atoms with van der Waals surface area (Å²) in [6.07, 6.45) is -6.21. The zero-order valence-electron chi connectivity index (χ0n) is 28.4. The number of nitrogens with zero attached hydrogens (tertiary/aromatic N) is 1. The molecule has 0 heterocycles. The van der Waals surface area contributed by atoms with Gasteiger partial charge in [0.1, 0.15) is 6.10 Å². The number of benzene rings is 1. The Hall–Kier alpha value is -2.62. The summed E-state index contributed by atoms with van der Waals surface area (Å²) in [7, 11) is -4.13. The molecule has 1 unspecified atom stereocenters. The molecule has 0 aliphatic carbocycles. The smallest absolute Gasteiger partial charge is 0.416 e. The van der Waals surface area contributed by atoms with Crippen molar-refractivity contribution in [3.63, 3.8) is 0 Å². The minimum absolute atomic E-state index is 0.0524. The van der Waals surface area contributed by atoms with Gasteiger partial charge in [-0.25, -0.2) is 13.2 Å². The molecule has 15 nitrogen and oxygen atoms in total. The van der Waals surface area contributed by atoms with E-state index in [0.717, 1.165) is 12.1 Å². The number of ether oxygens (including phenoxy) is 7. The molecular weight excluding hydrogens is 693 g/mol. The molecule has 290 valence electrons. The topological polar surface area (TPSA) is 214 Å². The molecule has 1 aromatic rings. The first kappa shape index (κ1) is 45.4. The van der Waals surface area contributed by atoms with E-state index < -0.39 is 39.5 Å². The molecule has 0 spiro atoms. The van der Waals surface area contributed by atoms with Gasteiger partial charge in [-0.1, -0.05) is 0 Å². The lowest BCUT2D eigenvalue weighted by molar-refractivity contribution is -0.137. The summed E-state index contributed by atoms with van der Waals surface area (Å²) in [5.41, 5.74) is 14.8. The van der Waals surface area contributed by atoms with Crippen molar-refractivity contribution in [1.29, 1.82) is 0 Å². The highest BCUT2D eigenvalue weighted by Gasteiger charge is 2.31. The average Bonchev–Trinajstić information content (AvgIpc) is 3.06. The van der Waals surface area contributed by atoms with Gasteiger partial charge in [-0.2, -0.15) is 13.2 Å². The van der Waals surface area contributed by atoms with Crippen molar-refractivity contribution in [2.45, 2.75) is 42.9 Å². The Balaban J connectivity index is 2.59. The first-order valence-electron chi connectivity index (χ1n) is 16.4. The molecule has 0 fully saturated rings. The zero-order valence-corrected chi connectivity index (χ0v) is 29.3. The molecule has 0 aromatic heterocycles. The van der Waals surface area contributed by atoms with Crippen molar-refractivity contribution in [1.82, 2.24) is 4.90 Å². The van der Waals surface area contributed by atoms with E-state index in [2.05, 4.69) is 0 Å². The number of primary amides is 1. The number of halogens is 3. The van der Waals surface area contributed by atoms with Gasteiger partial charge in [0.05, 0.1) is 95.5 Å². The average molecular weight is 747 g/mol. The number of unbranched alkanes of at least 4 members (excludes halogenated alkanes) is 1. The molecule has 0 bridgehead atoms. The maximum absolute atomic E-state index is 13.1. The fourth-order valence-electron chi connectivity index (χ4n) is 4.30. The summed E-state index contributed by atoms with van der Waals surface area (Å²) in [6, 6.07) is 3.02. The number of rotatable bonds is 31. The second kappa shape index (κ2) is 27.1. The standard InChI is InChI=1S/C31H53F3N4O11S/c32-31(33,34)26-5-7-28(8-6-26)50(41,42)25-27(49-30(37)40)3-1-2-4-29(39)38(11-15-45-19-23-47-21-17-43-13-9-35)12-16-46-20-24-48-22-18-44-14-10-36/h5-8,27H,1-4,9-25,35-36H2,(H2,37,40). The molecule has 19 heteroatoms. The van der Waals surface area contributed by atoms with E-state index in [1.807, 2.05) is 0 Å². The first-order chi connectivity index (χ1) is 23.9. The molecular formula is C31H53F3N4O11S. The molecule has 1 rings (SSSR count). The van der Waals surface area contributed by atoms with Crippen LogP contribution in [0.5, 0.6) is 0 Å². The maximum Gasteiger partial charge on any atom is 0.416 e. The Labute approximate surface area is 292 Å². The summed E-state index contributed by atoms with van der Waals surface area (Å²) >= 11 is 0. The van der Waals surface area contributed by atoms with Crippen molar-refractivity contribution in [2.24, 2.45) is 17.2 Å². The van der Waals surface area contributed by atoms with Crippen LogP contribution in [0.2, 0.25) is 0 Å². The SMILES string of the molecule is NCCOCCOCCOCCN(CCOCCOCCOCCN)C(=O)CCCCC(CS(=O)(=O)c1ccc(C(F)(F)F)cc1)OC(N)=O. The summed E-state index contributed by atoms with van der Waals surface area (Å²) < 4.78 is 102. The van der Waals surface area contributed by atoms with Gasteiger partial charge in [0.25, 0.3) is 0 Å². The largest absolute Gasteiger partial charge is 0.445 e. The van der Waals surface area contributed by atoms with Gasteiger partial charge < -0.3 is 55.3 Å². The van der Waals surface area contributed by atoms with E-state index in [-0.39, 0.29) is 49.9 Å². The third kappa shape index (κ3) is 22.3. The van der Waals surface area contributed by atoms with Crippen LogP contribution in [0.15, 0.2) is 29.2 Å².